The van der Waals surface area contributed by atoms with Crippen molar-refractivity contribution >= 4 is 22.8 Å². The predicted octanol–water partition coefficient (Wildman–Crippen LogP) is 6.15. The van der Waals surface area contributed by atoms with Crippen LogP contribution in [0.2, 0.25) is 0 Å². The SMILES string of the molecule is Cc1nc2cc(C3C/C=C/CCC[C@H](C)C(N=O)[C@@H](C)C(=O)C(C)(C)/C=C/C(=O)O3)ccc2n1C. The first-order chi connectivity index (χ1) is 16.5. The van der Waals surface area contributed by atoms with Gasteiger partial charge in [-0.25, -0.2) is 9.78 Å². The van der Waals surface area contributed by atoms with E-state index in [1.54, 1.807) is 26.8 Å². The van der Waals surface area contributed by atoms with E-state index in [2.05, 4.69) is 16.2 Å². The topological polar surface area (TPSA) is 90.6 Å². The number of ketones is 1. The van der Waals surface area contributed by atoms with E-state index in [0.29, 0.717) is 6.42 Å². The zero-order valence-corrected chi connectivity index (χ0v) is 21.7. The fourth-order valence-corrected chi connectivity index (χ4v) is 4.82. The highest BCUT2D eigenvalue weighted by molar-refractivity contribution is 5.90. The number of hydrogen-bond donors (Lipinski definition) is 0. The maximum absolute atomic E-state index is 13.2. The number of carbonyl (C=O) groups is 2. The number of Topliss-reactive ketones (excluding diaryl/α,β-unsaturated/α-hetero) is 1. The van der Waals surface area contributed by atoms with Gasteiger partial charge in [0.1, 0.15) is 23.8 Å². The quantitative estimate of drug-likeness (QED) is 0.292. The van der Waals surface area contributed by atoms with Crippen LogP contribution in [0.4, 0.5) is 0 Å². The highest BCUT2D eigenvalue weighted by Crippen LogP contribution is 2.31. The lowest BCUT2D eigenvalue weighted by atomic mass is 9.75. The minimum atomic E-state index is -0.933. The van der Waals surface area contributed by atoms with Gasteiger partial charge in [-0.05, 0) is 63.6 Å². The van der Waals surface area contributed by atoms with E-state index in [1.807, 2.05) is 49.7 Å². The molecular weight excluding hydrogens is 442 g/mol. The number of carbonyl (C=O) groups excluding carboxylic acids is 2. The number of rotatable bonds is 2. The van der Waals surface area contributed by atoms with E-state index < -0.39 is 29.4 Å². The number of ether oxygens (including phenoxy) is 1. The van der Waals surface area contributed by atoms with Crippen molar-refractivity contribution in [1.29, 1.82) is 0 Å². The molecule has 1 aliphatic rings. The number of benzene rings is 1. The molecule has 2 unspecified atom stereocenters. The van der Waals surface area contributed by atoms with Crippen molar-refractivity contribution in [3.8, 4) is 0 Å². The summed E-state index contributed by atoms with van der Waals surface area (Å²) >= 11 is 0. The summed E-state index contributed by atoms with van der Waals surface area (Å²) in [6.45, 7) is 9.20. The molecule has 0 saturated heterocycles. The van der Waals surface area contributed by atoms with Gasteiger partial charge in [0.15, 0.2) is 0 Å². The van der Waals surface area contributed by atoms with Gasteiger partial charge in [-0.15, -0.1) is 0 Å². The first-order valence-electron chi connectivity index (χ1n) is 12.4. The molecule has 0 aliphatic carbocycles. The van der Waals surface area contributed by atoms with Crippen molar-refractivity contribution in [2.45, 2.75) is 72.4 Å². The van der Waals surface area contributed by atoms with Crippen molar-refractivity contribution in [1.82, 2.24) is 9.55 Å². The highest BCUT2D eigenvalue weighted by Gasteiger charge is 2.36. The molecule has 4 atom stereocenters. The van der Waals surface area contributed by atoms with Crippen molar-refractivity contribution < 1.29 is 14.3 Å². The second kappa shape index (κ2) is 11.1. The average molecular weight is 480 g/mol. The summed E-state index contributed by atoms with van der Waals surface area (Å²) in [6, 6.07) is 5.35. The lowest BCUT2D eigenvalue weighted by molar-refractivity contribution is -0.143. The Hall–Kier alpha value is -3.09. The van der Waals surface area contributed by atoms with Gasteiger partial charge in [-0.3, -0.25) is 4.79 Å². The molecule has 0 amide bonds. The molecule has 1 aromatic carbocycles. The number of fused-ring (bicyclic) bond motifs is 1. The summed E-state index contributed by atoms with van der Waals surface area (Å²) in [7, 11) is 1.97. The Morgan fingerprint density at radius 1 is 1.17 bits per heavy atom. The Morgan fingerprint density at radius 3 is 2.63 bits per heavy atom. The molecule has 0 radical (unpaired) electrons. The van der Waals surface area contributed by atoms with Gasteiger partial charge in [0.25, 0.3) is 0 Å². The van der Waals surface area contributed by atoms with Crippen LogP contribution >= 0.6 is 0 Å². The lowest BCUT2D eigenvalue weighted by Gasteiger charge is -2.28. The van der Waals surface area contributed by atoms with Crippen LogP contribution in [0, 0.1) is 29.1 Å². The Labute approximate surface area is 207 Å². The van der Waals surface area contributed by atoms with Gasteiger partial charge >= 0.3 is 5.97 Å². The third kappa shape index (κ3) is 6.13. The number of nitroso groups, excluding NO2 is 1. The van der Waals surface area contributed by atoms with E-state index in [9.17, 15) is 14.5 Å². The number of hydrogen-bond acceptors (Lipinski definition) is 6. The van der Waals surface area contributed by atoms with Crippen LogP contribution in [0.5, 0.6) is 0 Å². The second-order valence-corrected chi connectivity index (χ2v) is 10.3. The first kappa shape index (κ1) is 26.5. The minimum Gasteiger partial charge on any atom is -0.454 e. The number of aromatic nitrogens is 2. The first-order valence-corrected chi connectivity index (χ1v) is 12.4. The molecule has 0 N–H and O–H groups in total. The molecule has 0 spiro atoms. The molecule has 35 heavy (non-hydrogen) atoms. The number of nitrogens with zero attached hydrogens (tertiary/aromatic N) is 3. The largest absolute Gasteiger partial charge is 0.454 e. The van der Waals surface area contributed by atoms with Gasteiger partial charge < -0.3 is 9.30 Å². The molecule has 7 nitrogen and oxygen atoms in total. The molecule has 0 bridgehead atoms. The number of allylic oxidation sites excluding steroid dienone is 2. The third-order valence-corrected chi connectivity index (χ3v) is 7.21. The number of imidazole rings is 1. The highest BCUT2D eigenvalue weighted by atomic mass is 16.5. The summed E-state index contributed by atoms with van der Waals surface area (Å²) in [5.41, 5.74) is 1.82. The van der Waals surface area contributed by atoms with E-state index in [4.69, 9.17) is 4.74 Å². The summed E-state index contributed by atoms with van der Waals surface area (Å²) in [5.74, 6) is -0.253. The van der Waals surface area contributed by atoms with Crippen LogP contribution in [0.25, 0.3) is 11.0 Å². The Morgan fingerprint density at radius 2 is 1.91 bits per heavy atom. The van der Waals surface area contributed by atoms with Crippen LogP contribution in [0.15, 0.2) is 47.7 Å². The summed E-state index contributed by atoms with van der Waals surface area (Å²) in [5, 5.41) is 3.30. The summed E-state index contributed by atoms with van der Waals surface area (Å²) < 4.78 is 7.87. The van der Waals surface area contributed by atoms with Gasteiger partial charge in [0.05, 0.1) is 11.0 Å². The van der Waals surface area contributed by atoms with Crippen molar-refractivity contribution in [3.05, 3.63) is 58.8 Å². The number of aryl methyl sites for hydroxylation is 2. The van der Waals surface area contributed by atoms with E-state index in [0.717, 1.165) is 41.7 Å². The summed E-state index contributed by atoms with van der Waals surface area (Å²) in [6.07, 6.45) is 9.61. The molecule has 3 rings (SSSR count). The number of esters is 1. The molecule has 188 valence electrons. The zero-order chi connectivity index (χ0) is 25.8. The van der Waals surface area contributed by atoms with Crippen LogP contribution in [0.1, 0.15) is 70.9 Å². The van der Waals surface area contributed by atoms with Gasteiger partial charge in [-0.1, -0.05) is 43.3 Å². The predicted molar refractivity (Wildman–Crippen MR) is 138 cm³/mol. The smallest absolute Gasteiger partial charge is 0.331 e. The molecule has 1 aliphatic heterocycles. The zero-order valence-electron chi connectivity index (χ0n) is 21.7. The number of cyclic esters (lactones) is 1. The Bertz CT molecular complexity index is 1140. The van der Waals surface area contributed by atoms with E-state index >= 15 is 0 Å². The Kier molecular flexibility index (Phi) is 8.41. The normalized spacial score (nSPS) is 28.4. The third-order valence-electron chi connectivity index (χ3n) is 7.21. The Balaban J connectivity index is 1.91. The maximum atomic E-state index is 13.2. The lowest BCUT2D eigenvalue weighted by Crippen LogP contribution is -2.37. The van der Waals surface area contributed by atoms with E-state index in [1.165, 1.54) is 6.08 Å². The monoisotopic (exact) mass is 479 g/mol. The molecule has 1 aromatic heterocycles. The molecule has 7 heteroatoms. The minimum absolute atomic E-state index is 0.00111. The van der Waals surface area contributed by atoms with Crippen molar-refractivity contribution in [2.24, 2.45) is 29.5 Å². The van der Waals surface area contributed by atoms with Crippen molar-refractivity contribution in [2.75, 3.05) is 0 Å². The molecular formula is C28H37N3O4. The molecule has 0 fully saturated rings. The fraction of sp³-hybridized carbons (Fsp3) is 0.536. The van der Waals surface area contributed by atoms with Crippen LogP contribution in [-0.4, -0.2) is 27.3 Å². The molecule has 0 saturated carbocycles. The van der Waals surface area contributed by atoms with E-state index in [-0.39, 0.29) is 11.7 Å². The fourth-order valence-electron chi connectivity index (χ4n) is 4.82. The summed E-state index contributed by atoms with van der Waals surface area (Å²) in [4.78, 5) is 42.2. The maximum Gasteiger partial charge on any atom is 0.331 e. The molecule has 2 heterocycles. The van der Waals surface area contributed by atoms with Gasteiger partial charge in [-0.2, -0.15) is 4.91 Å². The standard InChI is InChI=1S/C28H37N3O4/c1-18-11-9-7-8-10-12-24(21-13-14-23-22(17-21)29-20(3)31(23)6)35-25(32)15-16-28(4,5)27(33)19(2)26(18)30-34/h8,10,13-19,24,26H,7,9,11-12H2,1-6H3/b10-8+,16-15+/t18-,19+,24?,26?/m0/s1. The van der Waals surface area contributed by atoms with Crippen molar-refractivity contribution in [3.63, 3.8) is 0 Å². The van der Waals surface area contributed by atoms with Crippen LogP contribution in [-0.2, 0) is 21.4 Å². The van der Waals surface area contributed by atoms with Gasteiger partial charge in [0.2, 0.25) is 0 Å². The van der Waals surface area contributed by atoms with Gasteiger partial charge in [0, 0.05) is 30.9 Å². The van der Waals surface area contributed by atoms with Crippen LogP contribution < -0.4 is 0 Å². The average Bonchev–Trinajstić information content (AvgIpc) is 3.11. The molecule has 2 aromatic rings. The second-order valence-electron chi connectivity index (χ2n) is 10.3. The van der Waals surface area contributed by atoms with Crippen LogP contribution in [0.3, 0.4) is 0 Å².